The van der Waals surface area contributed by atoms with Crippen molar-refractivity contribution in [2.24, 2.45) is 17.8 Å². The van der Waals surface area contributed by atoms with Crippen molar-refractivity contribution in [1.29, 1.82) is 0 Å². The molecule has 132 valence electrons. The minimum atomic E-state index is -0.241. The number of hydrogen-bond acceptors (Lipinski definition) is 2. The van der Waals surface area contributed by atoms with Crippen LogP contribution in [0.25, 0.3) is 0 Å². The largest absolute Gasteiger partial charge is 0.309 e. The van der Waals surface area contributed by atoms with Crippen molar-refractivity contribution in [3.8, 4) is 0 Å². The van der Waals surface area contributed by atoms with Crippen molar-refractivity contribution in [3.63, 3.8) is 0 Å². The van der Waals surface area contributed by atoms with Gasteiger partial charge in [-0.25, -0.2) is 4.39 Å². The molecule has 1 N–H and O–H groups in total. The highest BCUT2D eigenvalue weighted by atomic mass is 19.1. The first-order valence-corrected chi connectivity index (χ1v) is 9.15. The zero-order valence-electron chi connectivity index (χ0n) is 14.5. The molecule has 1 heterocycles. The molecule has 2 aliphatic rings. The minimum Gasteiger partial charge on any atom is -0.309 e. The number of aryl methyl sites for hydroxylation is 1. The molecule has 1 amide bonds. The monoisotopic (exact) mass is 341 g/mol. The number of carbonyl (C=O) groups excluding carboxylic acids is 1. The second-order valence-corrected chi connectivity index (χ2v) is 7.64. The van der Waals surface area contributed by atoms with Crippen LogP contribution in [0.5, 0.6) is 0 Å². The molecule has 1 aromatic heterocycles. The van der Waals surface area contributed by atoms with Crippen molar-refractivity contribution >= 4 is 11.7 Å². The first-order chi connectivity index (χ1) is 12.1. The number of fused-ring (bicyclic) bond motifs is 2. The highest BCUT2D eigenvalue weighted by Crippen LogP contribution is 2.49. The van der Waals surface area contributed by atoms with Gasteiger partial charge in [0.05, 0.1) is 6.54 Å². The fourth-order valence-corrected chi connectivity index (χ4v) is 4.55. The zero-order valence-corrected chi connectivity index (χ0v) is 14.5. The Labute approximate surface area is 147 Å². The standard InChI is InChI=1S/C20H24FN3O/c1-13-8-19(23-24(13)12-14-3-6-18(21)7-4-14)22-20(25)11-17-10-15-2-5-16(17)9-15/h3-4,6-8,15-17H,2,5,9-12H2,1H3,(H,22,23,25). The van der Waals surface area contributed by atoms with E-state index in [0.717, 1.165) is 23.1 Å². The summed E-state index contributed by atoms with van der Waals surface area (Å²) >= 11 is 0. The van der Waals surface area contributed by atoms with Crippen molar-refractivity contribution in [3.05, 3.63) is 47.4 Å². The number of carbonyl (C=O) groups is 1. The van der Waals surface area contributed by atoms with Crippen LogP contribution in [-0.2, 0) is 11.3 Å². The van der Waals surface area contributed by atoms with E-state index in [1.165, 1.54) is 37.8 Å². The molecule has 1 aromatic carbocycles. The lowest BCUT2D eigenvalue weighted by atomic mass is 9.86. The lowest BCUT2D eigenvalue weighted by molar-refractivity contribution is -0.117. The molecule has 0 aliphatic heterocycles. The third-order valence-corrected chi connectivity index (χ3v) is 5.83. The van der Waals surface area contributed by atoms with Gasteiger partial charge in [-0.1, -0.05) is 18.6 Å². The van der Waals surface area contributed by atoms with E-state index in [2.05, 4.69) is 10.4 Å². The second-order valence-electron chi connectivity index (χ2n) is 7.64. The highest BCUT2D eigenvalue weighted by Gasteiger charge is 2.40. The molecular weight excluding hydrogens is 317 g/mol. The van der Waals surface area contributed by atoms with Crippen molar-refractivity contribution < 1.29 is 9.18 Å². The molecule has 0 saturated heterocycles. The van der Waals surface area contributed by atoms with Crippen LogP contribution in [0.15, 0.2) is 30.3 Å². The van der Waals surface area contributed by atoms with E-state index >= 15 is 0 Å². The van der Waals surface area contributed by atoms with Crippen LogP contribution in [0.2, 0.25) is 0 Å². The Morgan fingerprint density at radius 3 is 2.76 bits per heavy atom. The lowest BCUT2D eigenvalue weighted by Gasteiger charge is -2.20. The number of nitrogens with one attached hydrogen (secondary N) is 1. The van der Waals surface area contributed by atoms with Gasteiger partial charge < -0.3 is 5.32 Å². The number of halogens is 1. The molecule has 0 radical (unpaired) electrons. The van der Waals surface area contributed by atoms with E-state index in [1.807, 2.05) is 17.7 Å². The van der Waals surface area contributed by atoms with E-state index < -0.39 is 0 Å². The molecule has 2 aromatic rings. The van der Waals surface area contributed by atoms with E-state index in [9.17, 15) is 9.18 Å². The Bertz CT molecular complexity index is 768. The first-order valence-electron chi connectivity index (χ1n) is 9.15. The molecule has 4 rings (SSSR count). The van der Waals surface area contributed by atoms with Gasteiger partial charge in [-0.05, 0) is 61.6 Å². The summed E-state index contributed by atoms with van der Waals surface area (Å²) in [6.45, 7) is 2.52. The SMILES string of the molecule is Cc1cc(NC(=O)CC2CC3CCC2C3)nn1Cc1ccc(F)cc1. The van der Waals surface area contributed by atoms with Crippen molar-refractivity contribution in [2.75, 3.05) is 5.32 Å². The maximum absolute atomic E-state index is 13.0. The Morgan fingerprint density at radius 1 is 1.28 bits per heavy atom. The summed E-state index contributed by atoms with van der Waals surface area (Å²) in [4.78, 5) is 12.4. The molecular formula is C20H24FN3O. The summed E-state index contributed by atoms with van der Waals surface area (Å²) in [7, 11) is 0. The van der Waals surface area contributed by atoms with Gasteiger partial charge in [-0.2, -0.15) is 5.10 Å². The van der Waals surface area contributed by atoms with Gasteiger partial charge >= 0.3 is 0 Å². The van der Waals surface area contributed by atoms with Gasteiger partial charge in [-0.3, -0.25) is 9.48 Å². The molecule has 0 spiro atoms. The predicted molar refractivity (Wildman–Crippen MR) is 94.7 cm³/mol. The number of amides is 1. The van der Waals surface area contributed by atoms with Gasteiger partial charge in [0.2, 0.25) is 5.91 Å². The third-order valence-electron chi connectivity index (χ3n) is 5.83. The van der Waals surface area contributed by atoms with Gasteiger partial charge in [0.25, 0.3) is 0 Å². The van der Waals surface area contributed by atoms with E-state index in [4.69, 9.17) is 0 Å². The summed E-state index contributed by atoms with van der Waals surface area (Å²) in [5.74, 6) is 2.61. The number of hydrogen-bond donors (Lipinski definition) is 1. The third kappa shape index (κ3) is 3.60. The summed E-state index contributed by atoms with van der Waals surface area (Å²) in [5.41, 5.74) is 1.95. The second kappa shape index (κ2) is 6.62. The summed E-state index contributed by atoms with van der Waals surface area (Å²) < 4.78 is 14.8. The average molecular weight is 341 g/mol. The van der Waals surface area contributed by atoms with Gasteiger partial charge in [-0.15, -0.1) is 0 Å². The van der Waals surface area contributed by atoms with Crippen LogP contribution in [0.3, 0.4) is 0 Å². The van der Waals surface area contributed by atoms with Crippen LogP contribution < -0.4 is 5.32 Å². The van der Waals surface area contributed by atoms with E-state index in [0.29, 0.717) is 24.7 Å². The topological polar surface area (TPSA) is 46.9 Å². The maximum atomic E-state index is 13.0. The minimum absolute atomic E-state index is 0.0731. The highest BCUT2D eigenvalue weighted by molar-refractivity contribution is 5.90. The van der Waals surface area contributed by atoms with Crippen LogP contribution in [0, 0.1) is 30.5 Å². The number of anilines is 1. The van der Waals surface area contributed by atoms with Gasteiger partial charge in [0.15, 0.2) is 5.82 Å². The Kier molecular flexibility index (Phi) is 4.32. The molecule has 4 nitrogen and oxygen atoms in total. The average Bonchev–Trinajstić information content (AvgIpc) is 3.26. The van der Waals surface area contributed by atoms with Gasteiger partial charge in [0, 0.05) is 18.2 Å². The summed E-state index contributed by atoms with van der Waals surface area (Å²) in [5, 5.41) is 7.43. The van der Waals surface area contributed by atoms with Crippen LogP contribution in [0.4, 0.5) is 10.2 Å². The summed E-state index contributed by atoms with van der Waals surface area (Å²) in [6, 6.07) is 8.30. The number of nitrogens with zero attached hydrogens (tertiary/aromatic N) is 2. The normalized spacial score (nSPS) is 24.6. The molecule has 2 saturated carbocycles. The van der Waals surface area contributed by atoms with Crippen LogP contribution in [-0.4, -0.2) is 15.7 Å². The molecule has 25 heavy (non-hydrogen) atoms. The lowest BCUT2D eigenvalue weighted by Crippen LogP contribution is -2.20. The Hall–Kier alpha value is -2.17. The van der Waals surface area contributed by atoms with Crippen LogP contribution >= 0.6 is 0 Å². The Morgan fingerprint density at radius 2 is 2.08 bits per heavy atom. The quantitative estimate of drug-likeness (QED) is 0.888. The fourth-order valence-electron chi connectivity index (χ4n) is 4.55. The fraction of sp³-hybridized carbons (Fsp3) is 0.500. The molecule has 2 fully saturated rings. The first kappa shape index (κ1) is 16.3. The van der Waals surface area contributed by atoms with E-state index in [-0.39, 0.29) is 11.7 Å². The zero-order chi connectivity index (χ0) is 17.4. The maximum Gasteiger partial charge on any atom is 0.225 e. The van der Waals surface area contributed by atoms with Gasteiger partial charge in [0.1, 0.15) is 5.82 Å². The Balaban J connectivity index is 1.36. The number of aromatic nitrogens is 2. The molecule has 3 atom stereocenters. The van der Waals surface area contributed by atoms with Crippen molar-refractivity contribution in [2.45, 2.75) is 45.6 Å². The number of benzene rings is 1. The molecule has 5 heteroatoms. The molecule has 3 unspecified atom stereocenters. The molecule has 2 bridgehead atoms. The van der Waals surface area contributed by atoms with Crippen molar-refractivity contribution in [1.82, 2.24) is 9.78 Å². The summed E-state index contributed by atoms with van der Waals surface area (Å²) in [6.07, 6.45) is 5.81. The number of rotatable bonds is 5. The van der Waals surface area contributed by atoms with Crippen LogP contribution in [0.1, 0.15) is 43.4 Å². The predicted octanol–water partition coefficient (Wildman–Crippen LogP) is 4.14. The van der Waals surface area contributed by atoms with E-state index in [1.54, 1.807) is 12.1 Å². The smallest absolute Gasteiger partial charge is 0.225 e. The molecule has 2 aliphatic carbocycles.